The number of aliphatic hydroxyl groups is 1. The summed E-state index contributed by atoms with van der Waals surface area (Å²) in [6, 6.07) is 9.30. The number of nitrogens with one attached hydrogen (secondary N) is 1. The van der Waals surface area contributed by atoms with Crippen molar-refractivity contribution < 1.29 is 14.6 Å². The molecule has 1 aliphatic heterocycles. The highest BCUT2D eigenvalue weighted by Gasteiger charge is 2.33. The number of nitrogens with zero attached hydrogens (tertiary/aromatic N) is 1. The minimum atomic E-state index is -0.684. The van der Waals surface area contributed by atoms with Gasteiger partial charge < -0.3 is 9.84 Å². The Hall–Kier alpha value is -1.37. The first-order valence-corrected chi connectivity index (χ1v) is 5.77. The molecule has 0 bridgehead atoms. The average molecular weight is 287 g/mol. The van der Waals surface area contributed by atoms with E-state index in [0.717, 1.165) is 5.56 Å². The van der Waals surface area contributed by atoms with Gasteiger partial charge in [-0.3, -0.25) is 5.41 Å². The molecule has 0 fully saturated rings. The van der Waals surface area contributed by atoms with E-state index < -0.39 is 12.8 Å². The van der Waals surface area contributed by atoms with Gasteiger partial charge in [0.25, 0.3) is 0 Å². The van der Waals surface area contributed by atoms with Crippen molar-refractivity contribution >= 4 is 41.0 Å². The number of halogens is 1. The fourth-order valence-corrected chi connectivity index (χ4v) is 2.43. The third-order valence-electron chi connectivity index (χ3n) is 2.21. The van der Waals surface area contributed by atoms with Gasteiger partial charge >= 0.3 is 5.97 Å². The zero-order valence-electron chi connectivity index (χ0n) is 9.20. The maximum Gasteiger partial charge on any atom is 0.356 e. The van der Waals surface area contributed by atoms with Crippen LogP contribution in [0.15, 0.2) is 35.3 Å². The summed E-state index contributed by atoms with van der Waals surface area (Å²) in [7, 11) is 0. The molecule has 0 aliphatic carbocycles. The topological polar surface area (TPSA) is 82.7 Å². The summed E-state index contributed by atoms with van der Waals surface area (Å²) in [6.07, 6.45) is 0. The summed E-state index contributed by atoms with van der Waals surface area (Å²) in [4.78, 5) is 15.4. The summed E-state index contributed by atoms with van der Waals surface area (Å²) >= 11 is 1.18. The third-order valence-corrected chi connectivity index (χ3v) is 3.25. The molecule has 2 rings (SSSR count). The van der Waals surface area contributed by atoms with Gasteiger partial charge in [-0.15, -0.1) is 12.4 Å². The Kier molecular flexibility index (Phi) is 5.33. The molecule has 0 saturated heterocycles. The zero-order valence-corrected chi connectivity index (χ0v) is 10.8. The molecule has 2 N–H and O–H groups in total. The molecule has 96 valence electrons. The smallest absolute Gasteiger partial charge is 0.356 e. The second-order valence-electron chi connectivity index (χ2n) is 3.27. The molecule has 1 aromatic rings. The van der Waals surface area contributed by atoms with Crippen LogP contribution >= 0.6 is 24.2 Å². The molecule has 0 saturated carbocycles. The molecule has 0 radical (unpaired) electrons. The monoisotopic (exact) mass is 286 g/mol. The van der Waals surface area contributed by atoms with Crippen LogP contribution in [0.3, 0.4) is 0 Å². The summed E-state index contributed by atoms with van der Waals surface area (Å²) in [5.74, 6) is -0.684. The van der Waals surface area contributed by atoms with Crippen molar-refractivity contribution in [3.8, 4) is 0 Å². The SMILES string of the molecule is Cl.N=C1N=C(C(=O)OCO)C(c2ccccc2)S1. The number of amidine groups is 1. The van der Waals surface area contributed by atoms with E-state index in [4.69, 9.17) is 10.5 Å². The van der Waals surface area contributed by atoms with Crippen LogP contribution < -0.4 is 0 Å². The summed E-state index contributed by atoms with van der Waals surface area (Å²) in [5.41, 5.74) is 1.04. The maximum absolute atomic E-state index is 11.6. The molecule has 0 aromatic heterocycles. The fourth-order valence-electron chi connectivity index (χ4n) is 1.50. The lowest BCUT2D eigenvalue weighted by atomic mass is 10.1. The molecule has 1 aromatic carbocycles. The van der Waals surface area contributed by atoms with Crippen LogP contribution in [0, 0.1) is 5.41 Å². The van der Waals surface area contributed by atoms with Gasteiger partial charge in [0.2, 0.25) is 0 Å². The van der Waals surface area contributed by atoms with Gasteiger partial charge in [0.15, 0.2) is 12.0 Å². The first kappa shape index (κ1) is 14.7. The van der Waals surface area contributed by atoms with Crippen LogP contribution in [0.1, 0.15) is 10.8 Å². The number of hydrogen-bond donors (Lipinski definition) is 2. The standard InChI is InChI=1S/C11H10N2O3S.ClH/c12-11-13-8(10(15)16-6-14)9(17-11)7-4-2-1-3-5-7;/h1-5,9,12,14H,6H2;1H. The zero-order chi connectivity index (χ0) is 12.3. The molecule has 1 heterocycles. The number of carbonyl (C=O) groups excluding carboxylic acids is 1. The van der Waals surface area contributed by atoms with Crippen LogP contribution in [-0.2, 0) is 9.53 Å². The first-order valence-electron chi connectivity index (χ1n) is 4.89. The number of esters is 1. The molecule has 1 unspecified atom stereocenters. The Bertz CT molecular complexity index is 478. The second kappa shape index (κ2) is 6.53. The molecular weight excluding hydrogens is 276 g/mol. The van der Waals surface area contributed by atoms with Gasteiger partial charge in [0.1, 0.15) is 5.71 Å². The molecule has 0 spiro atoms. The van der Waals surface area contributed by atoms with Crippen LogP contribution in [0.25, 0.3) is 0 Å². The minimum Gasteiger partial charge on any atom is -0.434 e. The number of ether oxygens (including phenoxy) is 1. The number of rotatable bonds is 3. The van der Waals surface area contributed by atoms with Gasteiger partial charge in [0.05, 0.1) is 5.25 Å². The fraction of sp³-hybridized carbons (Fsp3) is 0.182. The Morgan fingerprint density at radius 1 is 1.44 bits per heavy atom. The van der Waals surface area contributed by atoms with E-state index in [-0.39, 0.29) is 28.5 Å². The number of aliphatic imine (C=N–C) groups is 1. The molecule has 5 nitrogen and oxygen atoms in total. The quantitative estimate of drug-likeness (QED) is 0.655. The van der Waals surface area contributed by atoms with Gasteiger partial charge in [-0.25, -0.2) is 9.79 Å². The van der Waals surface area contributed by atoms with Crippen molar-refractivity contribution in [3.05, 3.63) is 35.9 Å². The molecule has 18 heavy (non-hydrogen) atoms. The van der Waals surface area contributed by atoms with Gasteiger partial charge in [-0.1, -0.05) is 42.1 Å². The lowest BCUT2D eigenvalue weighted by molar-refractivity contribution is -0.143. The lowest BCUT2D eigenvalue weighted by Crippen LogP contribution is -2.21. The van der Waals surface area contributed by atoms with Crippen molar-refractivity contribution in [1.82, 2.24) is 0 Å². The van der Waals surface area contributed by atoms with Crippen LogP contribution in [0.5, 0.6) is 0 Å². The molecule has 1 atom stereocenters. The number of thioether (sulfide) groups is 1. The number of aliphatic hydroxyl groups excluding tert-OH is 1. The lowest BCUT2D eigenvalue weighted by Gasteiger charge is -2.10. The largest absolute Gasteiger partial charge is 0.434 e. The highest BCUT2D eigenvalue weighted by molar-refractivity contribution is 8.15. The van der Waals surface area contributed by atoms with Crippen LogP contribution in [0.2, 0.25) is 0 Å². The van der Waals surface area contributed by atoms with Crippen LogP contribution in [0.4, 0.5) is 0 Å². The van der Waals surface area contributed by atoms with E-state index >= 15 is 0 Å². The number of hydrogen-bond acceptors (Lipinski definition) is 5. The van der Waals surface area contributed by atoms with Crippen LogP contribution in [-0.4, -0.2) is 28.7 Å². The molecule has 0 amide bonds. The van der Waals surface area contributed by atoms with E-state index in [2.05, 4.69) is 9.73 Å². The van der Waals surface area contributed by atoms with Crippen molar-refractivity contribution in [3.63, 3.8) is 0 Å². The summed E-state index contributed by atoms with van der Waals surface area (Å²) in [5, 5.41) is 15.8. The molecule has 1 aliphatic rings. The van der Waals surface area contributed by atoms with Crippen molar-refractivity contribution in [2.45, 2.75) is 5.25 Å². The Morgan fingerprint density at radius 2 is 2.11 bits per heavy atom. The third kappa shape index (κ3) is 3.10. The Morgan fingerprint density at radius 3 is 2.72 bits per heavy atom. The Balaban J connectivity index is 0.00000162. The summed E-state index contributed by atoms with van der Waals surface area (Å²) < 4.78 is 4.50. The highest BCUT2D eigenvalue weighted by Crippen LogP contribution is 2.36. The molecule has 7 heteroatoms. The number of benzene rings is 1. The van der Waals surface area contributed by atoms with Crippen molar-refractivity contribution in [2.24, 2.45) is 4.99 Å². The van der Waals surface area contributed by atoms with E-state index in [9.17, 15) is 4.79 Å². The summed E-state index contributed by atoms with van der Waals surface area (Å²) in [6.45, 7) is -0.683. The Labute approximate surface area is 114 Å². The van der Waals surface area contributed by atoms with E-state index in [1.165, 1.54) is 11.8 Å². The predicted molar refractivity (Wildman–Crippen MR) is 72.4 cm³/mol. The maximum atomic E-state index is 11.6. The first-order chi connectivity index (χ1) is 8.22. The van der Waals surface area contributed by atoms with E-state index in [1.54, 1.807) is 0 Å². The molecular formula is C11H11ClN2O3S. The van der Waals surface area contributed by atoms with Crippen molar-refractivity contribution in [1.29, 1.82) is 5.41 Å². The van der Waals surface area contributed by atoms with E-state index in [1.807, 2.05) is 30.3 Å². The normalized spacial score (nSPS) is 17.9. The average Bonchev–Trinajstić information content (AvgIpc) is 2.73. The predicted octanol–water partition coefficient (Wildman–Crippen LogP) is 1.77. The minimum absolute atomic E-state index is 0. The number of carbonyl (C=O) groups is 1. The highest BCUT2D eigenvalue weighted by atomic mass is 35.5. The van der Waals surface area contributed by atoms with Gasteiger partial charge in [-0.2, -0.15) is 0 Å². The van der Waals surface area contributed by atoms with Gasteiger partial charge in [0, 0.05) is 0 Å². The van der Waals surface area contributed by atoms with E-state index in [0.29, 0.717) is 0 Å². The van der Waals surface area contributed by atoms with Gasteiger partial charge in [-0.05, 0) is 5.56 Å². The second-order valence-corrected chi connectivity index (χ2v) is 4.37. The van der Waals surface area contributed by atoms with Crippen molar-refractivity contribution in [2.75, 3.05) is 6.79 Å².